The molecule has 1 aliphatic rings. The van der Waals surface area contributed by atoms with Crippen LogP contribution in [0.5, 0.6) is 5.75 Å². The first-order chi connectivity index (χ1) is 8.41. The summed E-state index contributed by atoms with van der Waals surface area (Å²) < 4.78 is 11.4. The summed E-state index contributed by atoms with van der Waals surface area (Å²) in [5.41, 5.74) is 6.98. The van der Waals surface area contributed by atoms with E-state index in [1.807, 2.05) is 18.2 Å². The third-order valence-corrected chi connectivity index (χ3v) is 3.69. The van der Waals surface area contributed by atoms with Gasteiger partial charge in [-0.15, -0.1) is 0 Å². The zero-order valence-corrected chi connectivity index (χ0v) is 11.8. The fourth-order valence-electron chi connectivity index (χ4n) is 2.31. The normalized spacial score (nSPS) is 23.4. The molecule has 100 valence electrons. The monoisotopic (exact) mass is 269 g/mol. The van der Waals surface area contributed by atoms with Crippen LogP contribution in [0.1, 0.15) is 38.3 Å². The quantitative estimate of drug-likeness (QED) is 0.916. The van der Waals surface area contributed by atoms with Gasteiger partial charge in [0.1, 0.15) is 11.9 Å². The second-order valence-corrected chi connectivity index (χ2v) is 5.87. The van der Waals surface area contributed by atoms with E-state index in [-0.39, 0.29) is 17.7 Å². The zero-order valence-electron chi connectivity index (χ0n) is 11.1. The van der Waals surface area contributed by atoms with E-state index in [9.17, 15) is 0 Å². The molecule has 1 aromatic carbocycles. The van der Waals surface area contributed by atoms with Gasteiger partial charge in [-0.3, -0.25) is 0 Å². The van der Waals surface area contributed by atoms with Gasteiger partial charge in [-0.05, 0) is 32.0 Å². The average Bonchev–Trinajstić information content (AvgIpc) is 2.30. The maximum atomic E-state index is 6.19. The third kappa shape index (κ3) is 2.97. The molecule has 1 heterocycles. The largest absolute Gasteiger partial charge is 0.490 e. The number of hydrogen-bond acceptors (Lipinski definition) is 3. The molecule has 2 unspecified atom stereocenters. The van der Waals surface area contributed by atoms with Gasteiger partial charge in [0.2, 0.25) is 0 Å². The van der Waals surface area contributed by atoms with Crippen LogP contribution in [0.4, 0.5) is 0 Å². The van der Waals surface area contributed by atoms with Gasteiger partial charge in [-0.2, -0.15) is 0 Å². The molecule has 0 saturated heterocycles. The molecular weight excluding hydrogens is 250 g/mol. The van der Waals surface area contributed by atoms with E-state index in [0.717, 1.165) is 24.2 Å². The van der Waals surface area contributed by atoms with Crippen molar-refractivity contribution in [1.29, 1.82) is 0 Å². The van der Waals surface area contributed by atoms with Crippen molar-refractivity contribution >= 4 is 11.6 Å². The molecule has 2 atom stereocenters. The fourth-order valence-corrected chi connectivity index (χ4v) is 2.49. The molecule has 2 rings (SSSR count). The van der Waals surface area contributed by atoms with Crippen molar-refractivity contribution in [3.05, 3.63) is 28.8 Å². The topological polar surface area (TPSA) is 44.5 Å². The molecule has 0 saturated carbocycles. The number of fused-ring (bicyclic) bond motifs is 1. The molecule has 18 heavy (non-hydrogen) atoms. The molecule has 4 heteroatoms. The predicted octanol–water partition coefficient (Wildman–Crippen LogP) is 3.31. The highest BCUT2D eigenvalue weighted by atomic mass is 35.5. The van der Waals surface area contributed by atoms with E-state index in [1.165, 1.54) is 0 Å². The Hall–Kier alpha value is -0.770. The number of rotatable bonds is 3. The second-order valence-electron chi connectivity index (χ2n) is 5.43. The van der Waals surface area contributed by atoms with Crippen molar-refractivity contribution in [3.8, 4) is 5.75 Å². The van der Waals surface area contributed by atoms with Gasteiger partial charge in [-0.25, -0.2) is 0 Å². The molecule has 0 amide bonds. The third-order valence-electron chi connectivity index (χ3n) is 3.45. The Balaban J connectivity index is 2.16. The number of hydrogen-bond donors (Lipinski definition) is 1. The molecule has 0 aliphatic carbocycles. The molecule has 0 bridgehead atoms. The summed E-state index contributed by atoms with van der Waals surface area (Å²) in [7, 11) is 1.72. The first-order valence-electron chi connectivity index (χ1n) is 6.18. The summed E-state index contributed by atoms with van der Waals surface area (Å²) in [6.45, 7) is 4.11. The standard InChI is InChI=1S/C14H20ClNO2/c1-14(2,17-3)8-10-7-12(16)11-6-9(15)4-5-13(11)18-10/h4-6,10,12H,7-8,16H2,1-3H3. The van der Waals surface area contributed by atoms with Crippen molar-refractivity contribution in [2.75, 3.05) is 7.11 Å². The van der Waals surface area contributed by atoms with Gasteiger partial charge in [0.05, 0.1) is 5.60 Å². The van der Waals surface area contributed by atoms with Crippen LogP contribution in [0.15, 0.2) is 18.2 Å². The Labute approximate surface area is 113 Å². The number of nitrogens with two attached hydrogens (primary N) is 1. The van der Waals surface area contributed by atoms with Crippen molar-refractivity contribution in [2.24, 2.45) is 5.73 Å². The first-order valence-corrected chi connectivity index (χ1v) is 6.56. The average molecular weight is 270 g/mol. The Morgan fingerprint density at radius 1 is 1.50 bits per heavy atom. The van der Waals surface area contributed by atoms with E-state index in [1.54, 1.807) is 7.11 Å². The fraction of sp³-hybridized carbons (Fsp3) is 0.571. The SMILES string of the molecule is COC(C)(C)CC1CC(N)c2cc(Cl)ccc2O1. The molecular formula is C14H20ClNO2. The summed E-state index contributed by atoms with van der Waals surface area (Å²) in [4.78, 5) is 0. The number of halogens is 1. The number of methoxy groups -OCH3 is 1. The molecule has 0 radical (unpaired) electrons. The van der Waals surface area contributed by atoms with Crippen molar-refractivity contribution < 1.29 is 9.47 Å². The van der Waals surface area contributed by atoms with E-state index in [2.05, 4.69) is 13.8 Å². The lowest BCUT2D eigenvalue weighted by Gasteiger charge is -2.34. The molecule has 0 spiro atoms. The lowest BCUT2D eigenvalue weighted by Crippen LogP contribution is -2.36. The minimum absolute atomic E-state index is 0.0230. The van der Waals surface area contributed by atoms with Gasteiger partial charge >= 0.3 is 0 Å². The van der Waals surface area contributed by atoms with Gasteiger partial charge in [-0.1, -0.05) is 11.6 Å². The Morgan fingerprint density at radius 3 is 2.89 bits per heavy atom. The molecule has 0 aromatic heterocycles. The van der Waals surface area contributed by atoms with Crippen LogP contribution < -0.4 is 10.5 Å². The smallest absolute Gasteiger partial charge is 0.124 e. The van der Waals surface area contributed by atoms with E-state index in [0.29, 0.717) is 5.02 Å². The maximum Gasteiger partial charge on any atom is 0.124 e. The highest BCUT2D eigenvalue weighted by molar-refractivity contribution is 6.30. The number of ether oxygens (including phenoxy) is 2. The summed E-state index contributed by atoms with van der Waals surface area (Å²) >= 11 is 5.98. The minimum Gasteiger partial charge on any atom is -0.490 e. The van der Waals surface area contributed by atoms with E-state index >= 15 is 0 Å². The zero-order chi connectivity index (χ0) is 13.3. The highest BCUT2D eigenvalue weighted by Gasteiger charge is 2.31. The van der Waals surface area contributed by atoms with Crippen LogP contribution in [0.2, 0.25) is 5.02 Å². The van der Waals surface area contributed by atoms with Crippen molar-refractivity contribution in [3.63, 3.8) is 0 Å². The minimum atomic E-state index is -0.200. The van der Waals surface area contributed by atoms with Gasteiger partial charge in [0.25, 0.3) is 0 Å². The Kier molecular flexibility index (Phi) is 3.85. The van der Waals surface area contributed by atoms with E-state index < -0.39 is 0 Å². The molecule has 3 nitrogen and oxygen atoms in total. The van der Waals surface area contributed by atoms with Gasteiger partial charge in [0, 0.05) is 36.6 Å². The van der Waals surface area contributed by atoms with E-state index in [4.69, 9.17) is 26.8 Å². The Morgan fingerprint density at radius 2 is 2.22 bits per heavy atom. The summed E-state index contributed by atoms with van der Waals surface area (Å²) in [5.74, 6) is 0.843. The summed E-state index contributed by atoms with van der Waals surface area (Å²) in [6, 6.07) is 5.59. The van der Waals surface area contributed by atoms with Crippen LogP contribution in [-0.4, -0.2) is 18.8 Å². The first kappa shape index (κ1) is 13.7. The van der Waals surface area contributed by atoms with Crippen LogP contribution in [0.3, 0.4) is 0 Å². The van der Waals surface area contributed by atoms with Crippen LogP contribution in [-0.2, 0) is 4.74 Å². The predicted molar refractivity (Wildman–Crippen MR) is 73.1 cm³/mol. The summed E-state index contributed by atoms with van der Waals surface area (Å²) in [6.07, 6.45) is 1.70. The maximum absolute atomic E-state index is 6.19. The Bertz CT molecular complexity index is 434. The number of benzene rings is 1. The molecule has 2 N–H and O–H groups in total. The van der Waals surface area contributed by atoms with Crippen LogP contribution in [0, 0.1) is 0 Å². The molecule has 0 fully saturated rings. The van der Waals surface area contributed by atoms with Crippen LogP contribution in [0.25, 0.3) is 0 Å². The second kappa shape index (κ2) is 5.08. The lowest BCUT2D eigenvalue weighted by atomic mass is 9.91. The molecule has 1 aliphatic heterocycles. The molecule has 1 aromatic rings. The highest BCUT2D eigenvalue weighted by Crippen LogP contribution is 2.37. The lowest BCUT2D eigenvalue weighted by molar-refractivity contribution is -0.0194. The van der Waals surface area contributed by atoms with Gasteiger partial charge in [0.15, 0.2) is 0 Å². The summed E-state index contributed by atoms with van der Waals surface area (Å²) in [5, 5.41) is 0.698. The van der Waals surface area contributed by atoms with Gasteiger partial charge < -0.3 is 15.2 Å². The van der Waals surface area contributed by atoms with Crippen molar-refractivity contribution in [2.45, 2.75) is 44.4 Å². The van der Waals surface area contributed by atoms with Crippen LogP contribution >= 0.6 is 11.6 Å². The van der Waals surface area contributed by atoms with Crippen molar-refractivity contribution in [1.82, 2.24) is 0 Å².